The second kappa shape index (κ2) is 4.82. The van der Waals surface area contributed by atoms with E-state index >= 15 is 0 Å². The molecular formula is C13H18B2O. The molecule has 0 spiro atoms. The summed E-state index contributed by atoms with van der Waals surface area (Å²) in [6.45, 7) is 2.81. The lowest BCUT2D eigenvalue weighted by Gasteiger charge is -2.11. The van der Waals surface area contributed by atoms with Crippen molar-refractivity contribution in [1.29, 1.82) is 0 Å². The van der Waals surface area contributed by atoms with Crippen LogP contribution in [0.2, 0.25) is 0 Å². The lowest BCUT2D eigenvalue weighted by atomic mass is 9.83. The van der Waals surface area contributed by atoms with Crippen LogP contribution in [0.5, 0.6) is 0 Å². The molecule has 0 unspecified atom stereocenters. The van der Waals surface area contributed by atoms with Crippen molar-refractivity contribution in [2.75, 3.05) is 6.61 Å². The number of benzene rings is 1. The van der Waals surface area contributed by atoms with Crippen LogP contribution in [0.1, 0.15) is 30.9 Å². The molecule has 16 heavy (non-hydrogen) atoms. The first-order valence-corrected chi connectivity index (χ1v) is 6.21. The fourth-order valence-electron chi connectivity index (χ4n) is 2.02. The molecule has 82 valence electrons. The zero-order valence-corrected chi connectivity index (χ0v) is 10.5. The van der Waals surface area contributed by atoms with Crippen LogP contribution in [0.25, 0.3) is 5.76 Å². The predicted octanol–water partition coefficient (Wildman–Crippen LogP) is 0.619. The van der Waals surface area contributed by atoms with Crippen molar-refractivity contribution in [3.8, 4) is 0 Å². The Balaban J connectivity index is 2.35. The molecule has 0 amide bonds. The minimum Gasteiger partial charge on any atom is -0.493 e. The van der Waals surface area contributed by atoms with Gasteiger partial charge in [-0.3, -0.25) is 0 Å². The molecule has 1 nitrogen and oxygen atoms in total. The summed E-state index contributed by atoms with van der Waals surface area (Å²) in [5.41, 5.74) is 5.54. The van der Waals surface area contributed by atoms with Gasteiger partial charge in [0, 0.05) is 5.56 Å². The standard InChI is InChI=1S/C13H18B2O/c1-2-16-13(9-3-4-9)10-5-6-12(15)11(7-10)8-14/h5-7H,2-4,8,14-15H2,1H3. The Morgan fingerprint density at radius 1 is 1.38 bits per heavy atom. The van der Waals surface area contributed by atoms with Crippen LogP contribution in [-0.4, -0.2) is 22.3 Å². The number of rotatable bonds is 4. The van der Waals surface area contributed by atoms with Crippen LogP contribution in [0.4, 0.5) is 0 Å². The normalized spacial score (nSPS) is 13.7. The van der Waals surface area contributed by atoms with Crippen LogP contribution in [0, 0.1) is 0 Å². The summed E-state index contributed by atoms with van der Waals surface area (Å²) in [6.07, 6.45) is 3.52. The molecule has 0 heterocycles. The number of hydrogen-bond donors (Lipinski definition) is 0. The summed E-state index contributed by atoms with van der Waals surface area (Å²) in [6, 6.07) is 6.67. The van der Waals surface area contributed by atoms with E-state index in [0.29, 0.717) is 0 Å². The highest BCUT2D eigenvalue weighted by Crippen LogP contribution is 2.37. The molecule has 1 aliphatic carbocycles. The van der Waals surface area contributed by atoms with Gasteiger partial charge in [-0.25, -0.2) is 0 Å². The lowest BCUT2D eigenvalue weighted by Crippen LogP contribution is -2.11. The molecule has 1 aromatic rings. The fourth-order valence-corrected chi connectivity index (χ4v) is 2.02. The quantitative estimate of drug-likeness (QED) is 0.525. The molecule has 3 heteroatoms. The van der Waals surface area contributed by atoms with Gasteiger partial charge in [-0.05, 0) is 31.4 Å². The van der Waals surface area contributed by atoms with Gasteiger partial charge in [-0.1, -0.05) is 29.5 Å². The molecule has 0 aromatic heterocycles. The third kappa shape index (κ3) is 2.34. The Morgan fingerprint density at radius 2 is 2.12 bits per heavy atom. The van der Waals surface area contributed by atoms with E-state index in [2.05, 4.69) is 40.8 Å². The zero-order chi connectivity index (χ0) is 11.5. The van der Waals surface area contributed by atoms with E-state index in [9.17, 15) is 0 Å². The smallest absolute Gasteiger partial charge is 0.139 e. The van der Waals surface area contributed by atoms with Crippen molar-refractivity contribution in [2.24, 2.45) is 0 Å². The van der Waals surface area contributed by atoms with E-state index in [-0.39, 0.29) is 0 Å². The predicted molar refractivity (Wildman–Crippen MR) is 74.6 cm³/mol. The third-order valence-electron chi connectivity index (χ3n) is 3.10. The maximum absolute atomic E-state index is 5.77. The van der Waals surface area contributed by atoms with Crippen molar-refractivity contribution in [3.63, 3.8) is 0 Å². The summed E-state index contributed by atoms with van der Waals surface area (Å²) in [5, 5.41) is 0. The Morgan fingerprint density at radius 3 is 2.69 bits per heavy atom. The van der Waals surface area contributed by atoms with E-state index < -0.39 is 0 Å². The number of allylic oxidation sites excluding steroid dienone is 1. The van der Waals surface area contributed by atoms with E-state index in [0.717, 1.165) is 18.7 Å². The largest absolute Gasteiger partial charge is 0.493 e. The van der Waals surface area contributed by atoms with Gasteiger partial charge in [0.1, 0.15) is 21.5 Å². The Hall–Kier alpha value is -1.11. The molecule has 0 bridgehead atoms. The minimum absolute atomic E-state index is 0.758. The first-order valence-electron chi connectivity index (χ1n) is 6.21. The first kappa shape index (κ1) is 11.4. The topological polar surface area (TPSA) is 9.23 Å². The van der Waals surface area contributed by atoms with Crippen molar-refractivity contribution in [2.45, 2.75) is 26.1 Å². The molecule has 1 aliphatic rings. The van der Waals surface area contributed by atoms with Crippen LogP contribution < -0.4 is 5.46 Å². The Bertz CT molecular complexity index is 418. The highest BCUT2D eigenvalue weighted by Gasteiger charge is 2.20. The molecule has 1 saturated carbocycles. The van der Waals surface area contributed by atoms with Gasteiger partial charge in [0.25, 0.3) is 0 Å². The highest BCUT2D eigenvalue weighted by molar-refractivity contribution is 6.34. The monoisotopic (exact) mass is 212 g/mol. The maximum Gasteiger partial charge on any atom is 0.139 e. The van der Waals surface area contributed by atoms with Crippen LogP contribution >= 0.6 is 0 Å². The molecule has 2 rings (SSSR count). The minimum atomic E-state index is 0.758. The molecule has 0 radical (unpaired) electrons. The van der Waals surface area contributed by atoms with Gasteiger partial charge < -0.3 is 4.74 Å². The number of hydrogen-bond acceptors (Lipinski definition) is 1. The van der Waals surface area contributed by atoms with Gasteiger partial charge in [-0.2, -0.15) is 0 Å². The van der Waals surface area contributed by atoms with Crippen LogP contribution in [-0.2, 0) is 11.1 Å². The maximum atomic E-state index is 5.77. The molecule has 0 N–H and O–H groups in total. The van der Waals surface area contributed by atoms with E-state index in [4.69, 9.17) is 4.74 Å². The highest BCUT2D eigenvalue weighted by atomic mass is 16.5. The van der Waals surface area contributed by atoms with Crippen molar-refractivity contribution < 1.29 is 4.74 Å². The van der Waals surface area contributed by atoms with Gasteiger partial charge in [0.15, 0.2) is 0 Å². The van der Waals surface area contributed by atoms with E-state index in [1.807, 2.05) is 0 Å². The Labute approximate surface area is 99.7 Å². The van der Waals surface area contributed by atoms with Crippen LogP contribution in [0.15, 0.2) is 23.8 Å². The summed E-state index contributed by atoms with van der Waals surface area (Å²) < 4.78 is 5.77. The third-order valence-corrected chi connectivity index (χ3v) is 3.10. The number of ether oxygens (including phenoxy) is 1. The summed E-state index contributed by atoms with van der Waals surface area (Å²) in [5.74, 6) is 1.14. The van der Waals surface area contributed by atoms with Gasteiger partial charge in [0.2, 0.25) is 0 Å². The summed E-state index contributed by atoms with van der Waals surface area (Å²) >= 11 is 0. The SMILES string of the molecule is BCc1cc(C(OCC)=C2CC2)ccc1B. The van der Waals surface area contributed by atoms with Gasteiger partial charge >= 0.3 is 0 Å². The molecule has 1 fully saturated rings. The van der Waals surface area contributed by atoms with Gasteiger partial charge in [0.05, 0.1) is 6.61 Å². The van der Waals surface area contributed by atoms with Gasteiger partial charge in [-0.15, -0.1) is 0 Å². The first-order chi connectivity index (χ1) is 7.76. The molecule has 0 saturated heterocycles. The van der Waals surface area contributed by atoms with Crippen molar-refractivity contribution in [3.05, 3.63) is 34.9 Å². The lowest BCUT2D eigenvalue weighted by molar-refractivity contribution is 0.297. The summed E-state index contributed by atoms with van der Waals surface area (Å²) in [7, 11) is 4.38. The van der Waals surface area contributed by atoms with Crippen molar-refractivity contribution >= 4 is 26.9 Å². The second-order valence-corrected chi connectivity index (χ2v) is 4.36. The second-order valence-electron chi connectivity index (χ2n) is 4.36. The Kier molecular flexibility index (Phi) is 3.42. The average Bonchev–Trinajstić information content (AvgIpc) is 3.11. The summed E-state index contributed by atoms with van der Waals surface area (Å²) in [4.78, 5) is 0. The molecule has 1 aromatic carbocycles. The van der Waals surface area contributed by atoms with E-state index in [1.165, 1.54) is 35.0 Å². The molecule has 0 atom stereocenters. The van der Waals surface area contributed by atoms with E-state index in [1.54, 1.807) is 0 Å². The average molecular weight is 212 g/mol. The molecular weight excluding hydrogens is 194 g/mol. The molecule has 0 aliphatic heterocycles. The van der Waals surface area contributed by atoms with Crippen molar-refractivity contribution in [1.82, 2.24) is 0 Å². The van der Waals surface area contributed by atoms with Crippen LogP contribution in [0.3, 0.4) is 0 Å². The zero-order valence-electron chi connectivity index (χ0n) is 10.5. The fraction of sp³-hybridized carbons (Fsp3) is 0.385.